The second-order valence-electron chi connectivity index (χ2n) is 7.07. The van der Waals surface area contributed by atoms with Crippen LogP contribution in [-0.2, 0) is 16.0 Å². The molecule has 1 saturated heterocycles. The molecule has 134 valence electrons. The zero-order valence-corrected chi connectivity index (χ0v) is 14.8. The van der Waals surface area contributed by atoms with Crippen LogP contribution in [0.2, 0.25) is 5.15 Å². The summed E-state index contributed by atoms with van der Waals surface area (Å²) in [6.45, 7) is 2.06. The topological polar surface area (TPSA) is 88.1 Å². The summed E-state index contributed by atoms with van der Waals surface area (Å²) >= 11 is 6.12. The van der Waals surface area contributed by atoms with Gasteiger partial charge in [-0.05, 0) is 12.3 Å². The van der Waals surface area contributed by atoms with E-state index < -0.39 is 0 Å². The van der Waals surface area contributed by atoms with Gasteiger partial charge in [0, 0.05) is 17.5 Å². The molecule has 1 aromatic carbocycles. The molecule has 3 atom stereocenters. The van der Waals surface area contributed by atoms with Crippen molar-refractivity contribution in [2.45, 2.75) is 19.3 Å². The lowest BCUT2D eigenvalue weighted by Crippen LogP contribution is -2.20. The number of anilines is 1. The molecule has 0 spiro atoms. The van der Waals surface area contributed by atoms with E-state index in [0.717, 1.165) is 18.5 Å². The Bertz CT molecular complexity index is 963. The SMILES string of the molecule is Nc1nc(Cl)c2ncn(CC34COC(c5ccccc5)OCC3C4)c2n1. The van der Waals surface area contributed by atoms with Crippen LogP contribution < -0.4 is 5.73 Å². The molecule has 1 aliphatic heterocycles. The van der Waals surface area contributed by atoms with Gasteiger partial charge < -0.3 is 19.8 Å². The summed E-state index contributed by atoms with van der Waals surface area (Å²) in [6, 6.07) is 10.0. The van der Waals surface area contributed by atoms with Crippen molar-refractivity contribution in [1.29, 1.82) is 0 Å². The van der Waals surface area contributed by atoms with Crippen LogP contribution in [-0.4, -0.2) is 32.7 Å². The van der Waals surface area contributed by atoms with Crippen LogP contribution in [0.1, 0.15) is 18.3 Å². The van der Waals surface area contributed by atoms with E-state index in [4.69, 9.17) is 26.8 Å². The maximum atomic E-state index is 6.12. The van der Waals surface area contributed by atoms with Gasteiger partial charge in [-0.2, -0.15) is 9.97 Å². The first-order valence-corrected chi connectivity index (χ1v) is 8.94. The summed E-state index contributed by atoms with van der Waals surface area (Å²) in [5.41, 5.74) is 8.05. The van der Waals surface area contributed by atoms with Crippen LogP contribution in [0.25, 0.3) is 11.2 Å². The van der Waals surface area contributed by atoms with Gasteiger partial charge in [0.15, 0.2) is 17.1 Å². The lowest BCUT2D eigenvalue weighted by Gasteiger charge is -2.19. The fourth-order valence-electron chi connectivity index (χ4n) is 3.76. The summed E-state index contributed by atoms with van der Waals surface area (Å²) in [4.78, 5) is 12.6. The Morgan fingerprint density at radius 3 is 2.92 bits per heavy atom. The number of halogens is 1. The Hall–Kier alpha value is -2.22. The quantitative estimate of drug-likeness (QED) is 0.712. The highest BCUT2D eigenvalue weighted by Crippen LogP contribution is 2.56. The van der Waals surface area contributed by atoms with Gasteiger partial charge in [0.2, 0.25) is 5.95 Å². The molecular formula is C18H18ClN5O2. The maximum Gasteiger partial charge on any atom is 0.223 e. The van der Waals surface area contributed by atoms with E-state index in [-0.39, 0.29) is 22.8 Å². The predicted octanol–water partition coefficient (Wildman–Crippen LogP) is 2.81. The molecule has 2 aliphatic rings. The molecule has 8 heteroatoms. The summed E-state index contributed by atoms with van der Waals surface area (Å²) in [7, 11) is 0. The second-order valence-corrected chi connectivity index (χ2v) is 7.43. The summed E-state index contributed by atoms with van der Waals surface area (Å²) in [5.74, 6) is 0.613. The van der Waals surface area contributed by atoms with Crippen LogP contribution in [0.4, 0.5) is 5.95 Å². The van der Waals surface area contributed by atoms with E-state index in [0.29, 0.717) is 30.3 Å². The van der Waals surface area contributed by atoms with Crippen molar-refractivity contribution >= 4 is 28.7 Å². The van der Waals surface area contributed by atoms with Gasteiger partial charge in [0.25, 0.3) is 0 Å². The number of aromatic nitrogens is 4. The van der Waals surface area contributed by atoms with E-state index in [1.807, 2.05) is 34.9 Å². The lowest BCUT2D eigenvalue weighted by molar-refractivity contribution is -0.142. The van der Waals surface area contributed by atoms with Crippen molar-refractivity contribution < 1.29 is 9.47 Å². The number of rotatable bonds is 3. The zero-order valence-electron chi connectivity index (χ0n) is 14.0. The van der Waals surface area contributed by atoms with E-state index in [1.54, 1.807) is 6.33 Å². The summed E-state index contributed by atoms with van der Waals surface area (Å²) in [6.07, 6.45) is 2.49. The molecule has 26 heavy (non-hydrogen) atoms. The molecule has 0 radical (unpaired) electrons. The normalized spacial score (nSPS) is 27.9. The number of imidazole rings is 1. The van der Waals surface area contributed by atoms with Crippen molar-refractivity contribution in [3.63, 3.8) is 0 Å². The molecule has 2 fully saturated rings. The third-order valence-corrected chi connectivity index (χ3v) is 5.59. The molecule has 3 heterocycles. The van der Waals surface area contributed by atoms with Crippen molar-refractivity contribution in [3.8, 4) is 0 Å². The minimum atomic E-state index is -0.312. The van der Waals surface area contributed by atoms with Gasteiger partial charge in [0.1, 0.15) is 5.52 Å². The molecule has 2 aromatic heterocycles. The minimum absolute atomic E-state index is 0.0311. The van der Waals surface area contributed by atoms with Crippen LogP contribution in [0.5, 0.6) is 0 Å². The van der Waals surface area contributed by atoms with Crippen molar-refractivity contribution in [3.05, 3.63) is 47.4 Å². The number of nitrogen functional groups attached to an aromatic ring is 1. The maximum absolute atomic E-state index is 6.12. The number of nitrogens with two attached hydrogens (primary N) is 1. The number of hydrogen-bond donors (Lipinski definition) is 1. The fraction of sp³-hybridized carbons (Fsp3) is 0.389. The minimum Gasteiger partial charge on any atom is -0.368 e. The number of nitrogens with zero attached hydrogens (tertiary/aromatic N) is 4. The molecule has 0 amide bonds. The highest BCUT2D eigenvalue weighted by Gasteiger charge is 2.56. The fourth-order valence-corrected chi connectivity index (χ4v) is 3.98. The Balaban J connectivity index is 1.39. The molecule has 1 saturated carbocycles. The van der Waals surface area contributed by atoms with Crippen molar-refractivity contribution in [2.24, 2.45) is 11.3 Å². The Morgan fingerprint density at radius 1 is 1.23 bits per heavy atom. The van der Waals surface area contributed by atoms with E-state index >= 15 is 0 Å². The van der Waals surface area contributed by atoms with E-state index in [2.05, 4.69) is 15.0 Å². The van der Waals surface area contributed by atoms with Crippen LogP contribution in [0, 0.1) is 11.3 Å². The molecule has 1 aliphatic carbocycles. The number of fused-ring (bicyclic) bond motifs is 2. The average Bonchev–Trinajstić information content (AvgIpc) is 3.21. The van der Waals surface area contributed by atoms with E-state index in [1.165, 1.54) is 0 Å². The molecule has 2 N–H and O–H groups in total. The molecule has 3 unspecified atom stereocenters. The van der Waals surface area contributed by atoms with Crippen LogP contribution in [0.3, 0.4) is 0 Å². The first-order chi connectivity index (χ1) is 12.6. The third kappa shape index (κ3) is 2.63. The summed E-state index contributed by atoms with van der Waals surface area (Å²) in [5, 5.41) is 0.278. The molecule has 3 aromatic rings. The first kappa shape index (κ1) is 16.0. The van der Waals surface area contributed by atoms with Gasteiger partial charge in [0.05, 0.1) is 19.5 Å². The smallest absolute Gasteiger partial charge is 0.223 e. The molecular weight excluding hydrogens is 354 g/mol. The van der Waals surface area contributed by atoms with Crippen LogP contribution in [0.15, 0.2) is 36.7 Å². The molecule has 0 bridgehead atoms. The highest BCUT2D eigenvalue weighted by molar-refractivity contribution is 6.33. The first-order valence-electron chi connectivity index (χ1n) is 8.57. The predicted molar refractivity (Wildman–Crippen MR) is 96.4 cm³/mol. The molecule has 7 nitrogen and oxygen atoms in total. The average molecular weight is 372 g/mol. The van der Waals surface area contributed by atoms with Crippen LogP contribution >= 0.6 is 11.6 Å². The van der Waals surface area contributed by atoms with Gasteiger partial charge in [-0.1, -0.05) is 41.9 Å². The summed E-state index contributed by atoms with van der Waals surface area (Å²) < 4.78 is 14.1. The number of benzene rings is 1. The van der Waals surface area contributed by atoms with E-state index in [9.17, 15) is 0 Å². The van der Waals surface area contributed by atoms with Gasteiger partial charge in [-0.3, -0.25) is 0 Å². The Labute approximate surface area is 155 Å². The number of hydrogen-bond acceptors (Lipinski definition) is 6. The van der Waals surface area contributed by atoms with Gasteiger partial charge in [-0.15, -0.1) is 0 Å². The Morgan fingerprint density at radius 2 is 2.08 bits per heavy atom. The van der Waals surface area contributed by atoms with Crippen molar-refractivity contribution in [1.82, 2.24) is 19.5 Å². The van der Waals surface area contributed by atoms with Crippen molar-refractivity contribution in [2.75, 3.05) is 18.9 Å². The van der Waals surface area contributed by atoms with Gasteiger partial charge >= 0.3 is 0 Å². The zero-order chi connectivity index (χ0) is 17.7. The largest absolute Gasteiger partial charge is 0.368 e. The standard InChI is InChI=1S/C18H18ClN5O2/c19-14-13-15(23-17(20)22-14)24(10-21-13)8-18-6-12(18)7-25-16(26-9-18)11-4-2-1-3-5-11/h1-5,10,12,16H,6-9H2,(H2,20,22,23). The lowest BCUT2D eigenvalue weighted by atomic mass is 10.1. The number of ether oxygens (including phenoxy) is 2. The Kier molecular flexibility index (Phi) is 3.63. The highest BCUT2D eigenvalue weighted by atomic mass is 35.5. The third-order valence-electron chi connectivity index (χ3n) is 5.33. The molecule has 5 rings (SSSR count). The van der Waals surface area contributed by atoms with Gasteiger partial charge in [-0.25, -0.2) is 4.98 Å². The second kappa shape index (κ2) is 5.90. The monoisotopic (exact) mass is 371 g/mol.